The van der Waals surface area contributed by atoms with Gasteiger partial charge in [0.15, 0.2) is 0 Å². The fourth-order valence-corrected chi connectivity index (χ4v) is 4.74. The Morgan fingerprint density at radius 3 is 2.85 bits per heavy atom. The average Bonchev–Trinajstić information content (AvgIpc) is 2.69. The van der Waals surface area contributed by atoms with Crippen LogP contribution in [0.2, 0.25) is 0 Å². The van der Waals surface area contributed by atoms with E-state index in [2.05, 4.69) is 38.1 Å². The Kier molecular flexibility index (Phi) is 7.11. The predicted octanol–water partition coefficient (Wildman–Crippen LogP) is 2.99. The number of hydrogen-bond acceptors (Lipinski definition) is 6. The van der Waals surface area contributed by atoms with Crippen molar-refractivity contribution in [1.29, 1.82) is 0 Å². The number of carbonyl (C=O) groups excluding carboxylic acids is 1. The van der Waals surface area contributed by atoms with Crippen molar-refractivity contribution in [2.45, 2.75) is 51.1 Å². The van der Waals surface area contributed by atoms with E-state index in [1.807, 2.05) is 0 Å². The van der Waals surface area contributed by atoms with E-state index in [1.54, 1.807) is 12.3 Å². The van der Waals surface area contributed by atoms with E-state index in [0.717, 1.165) is 17.4 Å². The van der Waals surface area contributed by atoms with Gasteiger partial charge in [-0.2, -0.15) is 0 Å². The van der Waals surface area contributed by atoms with Gasteiger partial charge in [-0.05, 0) is 47.2 Å². The minimum Gasteiger partial charge on any atom is -0.465 e. The molecule has 150 valence electrons. The molecule has 1 aromatic heterocycles. The number of methoxy groups -OCH3 is 1. The minimum atomic E-state index is -0.393. The number of ether oxygens (including phenoxy) is 1. The smallest absolute Gasteiger partial charge is 0.341 e. The molecule has 1 aromatic rings. The first-order valence-electron chi connectivity index (χ1n) is 9.89. The summed E-state index contributed by atoms with van der Waals surface area (Å²) >= 11 is 3.37. The van der Waals surface area contributed by atoms with Crippen molar-refractivity contribution in [3.63, 3.8) is 0 Å². The molecule has 1 aliphatic carbocycles. The standard InChI is InChI=1S/C20H30BrN3O3/c1-13-5-3-4-6-17(13)23-18-7-8-24(11-14(18)12-25)19-16(20(26)27-2)9-15(21)10-22-19/h9-10,13-14,17-18,23,25H,3-8,11-12H2,1-2H3. The summed E-state index contributed by atoms with van der Waals surface area (Å²) in [5.74, 6) is 1.04. The summed E-state index contributed by atoms with van der Waals surface area (Å²) in [7, 11) is 1.38. The number of aromatic nitrogens is 1. The molecule has 2 aliphatic rings. The number of rotatable bonds is 5. The molecule has 2 N–H and O–H groups in total. The maximum atomic E-state index is 12.2. The monoisotopic (exact) mass is 439 g/mol. The zero-order valence-electron chi connectivity index (χ0n) is 16.2. The van der Waals surface area contributed by atoms with Gasteiger partial charge >= 0.3 is 5.97 Å². The number of nitrogens with one attached hydrogen (secondary N) is 1. The Morgan fingerprint density at radius 1 is 1.37 bits per heavy atom. The maximum absolute atomic E-state index is 12.2. The normalized spacial score (nSPS) is 28.8. The van der Waals surface area contributed by atoms with Gasteiger partial charge in [0.25, 0.3) is 0 Å². The van der Waals surface area contributed by atoms with Crippen molar-refractivity contribution in [2.24, 2.45) is 11.8 Å². The van der Waals surface area contributed by atoms with Gasteiger partial charge in [0.2, 0.25) is 0 Å². The van der Waals surface area contributed by atoms with Crippen LogP contribution in [0.25, 0.3) is 0 Å². The van der Waals surface area contributed by atoms with Crippen molar-refractivity contribution in [3.05, 3.63) is 22.3 Å². The summed E-state index contributed by atoms with van der Waals surface area (Å²) in [6.45, 7) is 3.93. The van der Waals surface area contributed by atoms with E-state index in [0.29, 0.717) is 35.9 Å². The van der Waals surface area contributed by atoms with Crippen LogP contribution in [-0.4, -0.2) is 54.9 Å². The van der Waals surface area contributed by atoms with Crippen molar-refractivity contribution in [3.8, 4) is 0 Å². The summed E-state index contributed by atoms with van der Waals surface area (Å²) in [4.78, 5) is 18.7. The molecule has 1 saturated heterocycles. The lowest BCUT2D eigenvalue weighted by Gasteiger charge is -2.42. The number of hydrogen-bond donors (Lipinski definition) is 2. The number of anilines is 1. The van der Waals surface area contributed by atoms with Crippen LogP contribution in [0.1, 0.15) is 49.4 Å². The van der Waals surface area contributed by atoms with Crippen molar-refractivity contribution < 1.29 is 14.6 Å². The highest BCUT2D eigenvalue weighted by Crippen LogP contribution is 2.30. The molecule has 1 saturated carbocycles. The molecule has 2 heterocycles. The van der Waals surface area contributed by atoms with Gasteiger partial charge in [-0.15, -0.1) is 0 Å². The van der Waals surface area contributed by atoms with E-state index in [1.165, 1.54) is 32.8 Å². The lowest BCUT2D eigenvalue weighted by atomic mass is 9.83. The van der Waals surface area contributed by atoms with Gasteiger partial charge in [-0.3, -0.25) is 0 Å². The lowest BCUT2D eigenvalue weighted by molar-refractivity contribution is 0.0600. The molecule has 4 unspecified atom stereocenters. The van der Waals surface area contributed by atoms with E-state index >= 15 is 0 Å². The quantitative estimate of drug-likeness (QED) is 0.686. The van der Waals surface area contributed by atoms with E-state index in [9.17, 15) is 9.90 Å². The van der Waals surface area contributed by atoms with Crippen LogP contribution in [0.4, 0.5) is 5.82 Å². The number of piperidine rings is 1. The van der Waals surface area contributed by atoms with Gasteiger partial charge < -0.3 is 20.1 Å². The van der Waals surface area contributed by atoms with Gasteiger partial charge in [0.1, 0.15) is 11.4 Å². The van der Waals surface area contributed by atoms with Gasteiger partial charge in [-0.1, -0.05) is 19.8 Å². The second-order valence-corrected chi connectivity index (χ2v) is 8.75. The third-order valence-electron chi connectivity index (χ3n) is 6.05. The topological polar surface area (TPSA) is 74.7 Å². The fourth-order valence-electron chi connectivity index (χ4n) is 4.41. The molecular formula is C20H30BrN3O3. The molecule has 0 spiro atoms. The number of halogens is 1. The largest absolute Gasteiger partial charge is 0.465 e. The zero-order valence-corrected chi connectivity index (χ0v) is 17.7. The molecular weight excluding hydrogens is 410 g/mol. The first-order chi connectivity index (χ1) is 13.0. The molecule has 2 fully saturated rings. The van der Waals surface area contributed by atoms with Crippen molar-refractivity contribution in [1.82, 2.24) is 10.3 Å². The molecule has 7 heteroatoms. The fraction of sp³-hybridized carbons (Fsp3) is 0.700. The summed E-state index contributed by atoms with van der Waals surface area (Å²) < 4.78 is 5.66. The Morgan fingerprint density at radius 2 is 2.15 bits per heavy atom. The minimum absolute atomic E-state index is 0.115. The van der Waals surface area contributed by atoms with Crippen LogP contribution in [0.5, 0.6) is 0 Å². The summed E-state index contributed by atoms with van der Waals surface area (Å²) in [5.41, 5.74) is 0.455. The second-order valence-electron chi connectivity index (χ2n) is 7.84. The molecule has 4 atom stereocenters. The number of aliphatic hydroxyl groups is 1. The summed E-state index contributed by atoms with van der Waals surface area (Å²) in [6.07, 6.45) is 7.74. The Labute approximate surface area is 169 Å². The summed E-state index contributed by atoms with van der Waals surface area (Å²) in [5, 5.41) is 13.8. The van der Waals surface area contributed by atoms with Gasteiger partial charge in [-0.25, -0.2) is 9.78 Å². The predicted molar refractivity (Wildman–Crippen MR) is 109 cm³/mol. The van der Waals surface area contributed by atoms with Gasteiger partial charge in [0.05, 0.1) is 7.11 Å². The highest BCUT2D eigenvalue weighted by Gasteiger charge is 2.34. The molecule has 0 aromatic carbocycles. The Hall–Kier alpha value is -1.18. The Balaban J connectivity index is 1.72. The number of carbonyl (C=O) groups is 1. The Bertz CT molecular complexity index is 657. The van der Waals surface area contributed by atoms with Crippen LogP contribution in [0.15, 0.2) is 16.7 Å². The number of pyridine rings is 1. The number of esters is 1. The molecule has 0 radical (unpaired) electrons. The molecule has 3 rings (SSSR count). The summed E-state index contributed by atoms with van der Waals surface area (Å²) in [6, 6.07) is 2.59. The van der Waals surface area contributed by atoms with Crippen LogP contribution in [-0.2, 0) is 4.74 Å². The number of aliphatic hydroxyl groups excluding tert-OH is 1. The maximum Gasteiger partial charge on any atom is 0.341 e. The second kappa shape index (κ2) is 9.34. The van der Waals surface area contributed by atoms with Crippen LogP contribution in [0, 0.1) is 11.8 Å². The van der Waals surface area contributed by atoms with Crippen LogP contribution < -0.4 is 10.2 Å². The van der Waals surface area contributed by atoms with E-state index in [4.69, 9.17) is 4.74 Å². The highest BCUT2D eigenvalue weighted by atomic mass is 79.9. The molecule has 6 nitrogen and oxygen atoms in total. The highest BCUT2D eigenvalue weighted by molar-refractivity contribution is 9.10. The van der Waals surface area contributed by atoms with Crippen LogP contribution >= 0.6 is 15.9 Å². The average molecular weight is 440 g/mol. The molecule has 0 amide bonds. The van der Waals surface area contributed by atoms with E-state index < -0.39 is 5.97 Å². The molecule has 0 bridgehead atoms. The van der Waals surface area contributed by atoms with Gasteiger partial charge in [0, 0.05) is 48.4 Å². The van der Waals surface area contributed by atoms with Crippen molar-refractivity contribution >= 4 is 27.7 Å². The zero-order chi connectivity index (χ0) is 19.4. The third-order valence-corrected chi connectivity index (χ3v) is 6.48. The third kappa shape index (κ3) is 4.81. The first-order valence-corrected chi connectivity index (χ1v) is 10.7. The molecule has 27 heavy (non-hydrogen) atoms. The number of nitrogens with zero attached hydrogens (tertiary/aromatic N) is 2. The molecule has 1 aliphatic heterocycles. The van der Waals surface area contributed by atoms with Crippen molar-refractivity contribution in [2.75, 3.05) is 31.7 Å². The van der Waals surface area contributed by atoms with Crippen LogP contribution in [0.3, 0.4) is 0 Å². The lowest BCUT2D eigenvalue weighted by Crippen LogP contribution is -2.55. The SMILES string of the molecule is COC(=O)c1cc(Br)cnc1N1CCC(NC2CCCCC2C)C(CO)C1. The van der Waals surface area contributed by atoms with E-state index in [-0.39, 0.29) is 12.5 Å². The first kappa shape index (κ1) is 20.6.